The van der Waals surface area contributed by atoms with Crippen LogP contribution in [-0.2, 0) is 4.74 Å². The van der Waals surface area contributed by atoms with Crippen molar-refractivity contribution in [3.8, 4) is 11.1 Å². The van der Waals surface area contributed by atoms with Crippen LogP contribution in [0.1, 0.15) is 37.4 Å². The third-order valence-electron chi connectivity index (χ3n) is 4.43. The molecule has 6 heteroatoms. The highest BCUT2D eigenvalue weighted by molar-refractivity contribution is 5.88. The number of carbonyl (C=O) groups is 1. The summed E-state index contributed by atoms with van der Waals surface area (Å²) >= 11 is 0. The van der Waals surface area contributed by atoms with E-state index in [1.54, 1.807) is 6.20 Å². The van der Waals surface area contributed by atoms with Gasteiger partial charge in [-0.05, 0) is 42.7 Å². The molecule has 1 unspecified atom stereocenters. The molecular weight excluding hydrogens is 316 g/mol. The smallest absolute Gasteiger partial charge is 0.411 e. The van der Waals surface area contributed by atoms with Gasteiger partial charge in [0.2, 0.25) is 0 Å². The Morgan fingerprint density at radius 3 is 3.00 bits per heavy atom. The fourth-order valence-electron chi connectivity index (χ4n) is 3.04. The lowest BCUT2D eigenvalue weighted by Gasteiger charge is -2.18. The Bertz CT molecular complexity index is 748. The summed E-state index contributed by atoms with van der Waals surface area (Å²) in [5.41, 5.74) is 11.0. The molecule has 0 spiro atoms. The Hall–Kier alpha value is -2.60. The van der Waals surface area contributed by atoms with E-state index in [1.165, 1.54) is 7.11 Å². The molecule has 2 heterocycles. The Labute approximate surface area is 147 Å². The van der Waals surface area contributed by atoms with Crippen LogP contribution in [0.25, 0.3) is 11.1 Å². The predicted octanol–water partition coefficient (Wildman–Crippen LogP) is 3.91. The highest BCUT2D eigenvalue weighted by Gasteiger charge is 2.13. The molecule has 3 rings (SSSR count). The number of nitrogens with two attached hydrogens (primary N) is 1. The number of aromatic nitrogens is 1. The number of fused-ring (bicyclic) bond motifs is 4. The van der Waals surface area contributed by atoms with Gasteiger partial charge in [-0.1, -0.05) is 18.9 Å². The van der Waals surface area contributed by atoms with E-state index >= 15 is 0 Å². The number of amides is 1. The Morgan fingerprint density at radius 1 is 1.28 bits per heavy atom. The number of nitrogens with zero attached hydrogens (tertiary/aromatic N) is 1. The van der Waals surface area contributed by atoms with Crippen LogP contribution >= 0.6 is 0 Å². The Balaban J connectivity index is 1.99. The van der Waals surface area contributed by atoms with Gasteiger partial charge in [0.05, 0.1) is 12.8 Å². The van der Waals surface area contributed by atoms with Gasteiger partial charge in [0.15, 0.2) is 0 Å². The molecular formula is C19H24N4O2. The zero-order chi connectivity index (χ0) is 17.6. The summed E-state index contributed by atoms with van der Waals surface area (Å²) in [5, 5.41) is 6.20. The molecule has 25 heavy (non-hydrogen) atoms. The second-order valence-corrected chi connectivity index (χ2v) is 6.23. The minimum Gasteiger partial charge on any atom is -0.453 e. The fourth-order valence-corrected chi connectivity index (χ4v) is 3.04. The molecule has 0 saturated heterocycles. The number of anilines is 2. The van der Waals surface area contributed by atoms with Gasteiger partial charge in [0, 0.05) is 35.7 Å². The molecule has 2 aromatic rings. The summed E-state index contributed by atoms with van der Waals surface area (Å²) in [4.78, 5) is 15.9. The minimum atomic E-state index is -0.481. The molecule has 1 aromatic carbocycles. The molecule has 1 aliphatic heterocycles. The van der Waals surface area contributed by atoms with Crippen molar-refractivity contribution >= 4 is 17.5 Å². The van der Waals surface area contributed by atoms with Crippen LogP contribution in [0.15, 0.2) is 36.5 Å². The van der Waals surface area contributed by atoms with Crippen molar-refractivity contribution in [2.24, 2.45) is 5.73 Å². The SMILES string of the molecule is COC(=O)Nc1ccc2c(c1)NCCCCCC(N)c1cc-2ccn1. The molecule has 1 atom stereocenters. The largest absolute Gasteiger partial charge is 0.453 e. The summed E-state index contributed by atoms with van der Waals surface area (Å²) in [5.74, 6) is 0. The number of rotatable bonds is 1. The number of hydrogen-bond acceptors (Lipinski definition) is 5. The van der Waals surface area contributed by atoms with Gasteiger partial charge in [-0.2, -0.15) is 0 Å². The van der Waals surface area contributed by atoms with E-state index in [4.69, 9.17) is 5.73 Å². The first-order valence-electron chi connectivity index (χ1n) is 8.62. The van der Waals surface area contributed by atoms with Gasteiger partial charge in [-0.25, -0.2) is 4.79 Å². The first kappa shape index (κ1) is 17.2. The molecule has 0 radical (unpaired) electrons. The molecule has 6 nitrogen and oxygen atoms in total. The van der Waals surface area contributed by atoms with Crippen molar-refractivity contribution < 1.29 is 9.53 Å². The van der Waals surface area contributed by atoms with Crippen molar-refractivity contribution in [1.29, 1.82) is 0 Å². The predicted molar refractivity (Wildman–Crippen MR) is 99.6 cm³/mol. The fraction of sp³-hybridized carbons (Fsp3) is 0.368. The zero-order valence-corrected chi connectivity index (χ0v) is 14.4. The van der Waals surface area contributed by atoms with Crippen LogP contribution in [0, 0.1) is 0 Å². The first-order chi connectivity index (χ1) is 12.2. The zero-order valence-electron chi connectivity index (χ0n) is 14.4. The topological polar surface area (TPSA) is 89.3 Å². The van der Waals surface area contributed by atoms with E-state index in [1.807, 2.05) is 24.3 Å². The quantitative estimate of drug-likeness (QED) is 0.732. The third kappa shape index (κ3) is 4.28. The maximum atomic E-state index is 11.5. The highest BCUT2D eigenvalue weighted by atomic mass is 16.5. The second-order valence-electron chi connectivity index (χ2n) is 6.23. The average Bonchev–Trinajstić information content (AvgIpc) is 2.63. The number of benzene rings is 1. The summed E-state index contributed by atoms with van der Waals surface area (Å²) in [6, 6.07) is 9.79. The lowest BCUT2D eigenvalue weighted by Crippen LogP contribution is -2.13. The maximum Gasteiger partial charge on any atom is 0.411 e. The number of methoxy groups -OCH3 is 1. The third-order valence-corrected chi connectivity index (χ3v) is 4.43. The summed E-state index contributed by atoms with van der Waals surface area (Å²) in [7, 11) is 1.35. The van der Waals surface area contributed by atoms with E-state index in [2.05, 4.69) is 26.4 Å². The van der Waals surface area contributed by atoms with Crippen molar-refractivity contribution in [2.45, 2.75) is 31.7 Å². The maximum absolute atomic E-state index is 11.5. The number of ether oxygens (including phenoxy) is 1. The standard InChI is InChI=1S/C19H24N4O2/c1-25-19(24)23-14-6-7-15-13-8-10-22-18(11-13)16(20)5-3-2-4-9-21-17(15)12-14/h6-8,10-12,16,21H,2-5,9,20H2,1H3,(H,23,24). The summed E-state index contributed by atoms with van der Waals surface area (Å²) in [6.07, 6.45) is 5.56. The van der Waals surface area contributed by atoms with Gasteiger partial charge in [0.1, 0.15) is 0 Å². The molecule has 0 aliphatic carbocycles. The van der Waals surface area contributed by atoms with E-state index in [-0.39, 0.29) is 6.04 Å². The molecule has 132 valence electrons. The Morgan fingerprint density at radius 2 is 2.16 bits per heavy atom. The van der Waals surface area contributed by atoms with Crippen LogP contribution < -0.4 is 16.4 Å². The number of carbonyl (C=O) groups excluding carboxylic acids is 1. The summed E-state index contributed by atoms with van der Waals surface area (Å²) in [6.45, 7) is 0.877. The van der Waals surface area contributed by atoms with E-state index in [9.17, 15) is 4.79 Å². The van der Waals surface area contributed by atoms with Crippen LogP contribution in [0.4, 0.5) is 16.2 Å². The molecule has 2 bridgehead atoms. The normalized spacial score (nSPS) is 17.3. The van der Waals surface area contributed by atoms with Crippen LogP contribution in [0.2, 0.25) is 0 Å². The average molecular weight is 340 g/mol. The number of pyridine rings is 1. The van der Waals surface area contributed by atoms with Crippen LogP contribution in [0.5, 0.6) is 0 Å². The van der Waals surface area contributed by atoms with Crippen molar-refractivity contribution in [3.05, 3.63) is 42.2 Å². The number of hydrogen-bond donors (Lipinski definition) is 3. The van der Waals surface area contributed by atoms with Gasteiger partial charge < -0.3 is 15.8 Å². The number of nitrogens with one attached hydrogen (secondary N) is 2. The van der Waals surface area contributed by atoms with E-state index in [0.717, 1.165) is 54.7 Å². The van der Waals surface area contributed by atoms with Gasteiger partial charge >= 0.3 is 6.09 Å². The lowest BCUT2D eigenvalue weighted by atomic mass is 9.99. The highest BCUT2D eigenvalue weighted by Crippen LogP contribution is 2.32. The van der Waals surface area contributed by atoms with Gasteiger partial charge in [0.25, 0.3) is 0 Å². The molecule has 0 fully saturated rings. The van der Waals surface area contributed by atoms with Crippen LogP contribution in [-0.4, -0.2) is 24.7 Å². The van der Waals surface area contributed by atoms with Crippen molar-refractivity contribution in [1.82, 2.24) is 4.98 Å². The first-order valence-corrected chi connectivity index (χ1v) is 8.62. The Kier molecular flexibility index (Phi) is 5.50. The van der Waals surface area contributed by atoms with Crippen molar-refractivity contribution in [2.75, 3.05) is 24.3 Å². The monoisotopic (exact) mass is 340 g/mol. The minimum absolute atomic E-state index is 0.0314. The molecule has 1 aromatic heterocycles. The van der Waals surface area contributed by atoms with Gasteiger partial charge in [-0.3, -0.25) is 10.3 Å². The summed E-state index contributed by atoms with van der Waals surface area (Å²) < 4.78 is 4.66. The molecule has 1 amide bonds. The van der Waals surface area contributed by atoms with E-state index in [0.29, 0.717) is 5.69 Å². The molecule has 4 N–H and O–H groups in total. The molecule has 0 saturated carbocycles. The lowest BCUT2D eigenvalue weighted by molar-refractivity contribution is 0.187. The van der Waals surface area contributed by atoms with Gasteiger partial charge in [-0.15, -0.1) is 0 Å². The van der Waals surface area contributed by atoms with Crippen molar-refractivity contribution in [3.63, 3.8) is 0 Å². The second kappa shape index (κ2) is 7.98. The van der Waals surface area contributed by atoms with E-state index < -0.39 is 6.09 Å². The van der Waals surface area contributed by atoms with Crippen LogP contribution in [0.3, 0.4) is 0 Å². The molecule has 1 aliphatic rings.